The van der Waals surface area contributed by atoms with Crippen LogP contribution in [0.15, 0.2) is 42.6 Å². The van der Waals surface area contributed by atoms with E-state index in [2.05, 4.69) is 30.1 Å². The molecule has 2 aromatic rings. The summed E-state index contributed by atoms with van der Waals surface area (Å²) in [5, 5.41) is 10.2. The van der Waals surface area contributed by atoms with E-state index in [0.29, 0.717) is 17.9 Å². The fraction of sp³-hybridized carbons (Fsp3) is 0.312. The van der Waals surface area contributed by atoms with Crippen molar-refractivity contribution in [3.8, 4) is 5.75 Å². The highest BCUT2D eigenvalue weighted by Gasteiger charge is 2.14. The molecule has 1 atom stereocenters. The van der Waals surface area contributed by atoms with Crippen LogP contribution in [0.4, 0.5) is 0 Å². The van der Waals surface area contributed by atoms with Gasteiger partial charge in [0.15, 0.2) is 0 Å². The predicted molar refractivity (Wildman–Crippen MR) is 75.2 cm³/mol. The van der Waals surface area contributed by atoms with Crippen LogP contribution < -0.4 is 4.74 Å². The summed E-state index contributed by atoms with van der Waals surface area (Å²) in [6, 6.07) is 12.0. The first-order chi connectivity index (χ1) is 9.20. The van der Waals surface area contributed by atoms with Gasteiger partial charge in [0.05, 0.1) is 7.11 Å². The van der Waals surface area contributed by atoms with E-state index in [-0.39, 0.29) is 0 Å². The Hall–Kier alpha value is -1.87. The van der Waals surface area contributed by atoms with E-state index in [9.17, 15) is 5.11 Å². The van der Waals surface area contributed by atoms with Gasteiger partial charge < -0.3 is 9.84 Å². The normalized spacial score (nSPS) is 12.2. The van der Waals surface area contributed by atoms with Gasteiger partial charge in [0.1, 0.15) is 17.5 Å². The summed E-state index contributed by atoms with van der Waals surface area (Å²) in [6.07, 6.45) is 2.53. The molecule has 3 heteroatoms. The average molecular weight is 257 g/mol. The number of ether oxygens (including phenoxy) is 1. The minimum Gasteiger partial charge on any atom is -0.495 e. The molecular formula is C16H19NO2. The number of aliphatic hydroxyl groups is 1. The Morgan fingerprint density at radius 1 is 1.26 bits per heavy atom. The van der Waals surface area contributed by atoms with Crippen molar-refractivity contribution in [2.45, 2.75) is 25.9 Å². The second-order valence-corrected chi connectivity index (χ2v) is 4.63. The number of benzene rings is 1. The molecule has 100 valence electrons. The summed E-state index contributed by atoms with van der Waals surface area (Å²) in [4.78, 5) is 4.20. The Morgan fingerprint density at radius 3 is 2.84 bits per heavy atom. The molecule has 0 saturated carbocycles. The van der Waals surface area contributed by atoms with E-state index >= 15 is 0 Å². The number of pyridine rings is 1. The van der Waals surface area contributed by atoms with Crippen molar-refractivity contribution in [2.24, 2.45) is 0 Å². The quantitative estimate of drug-likeness (QED) is 0.895. The van der Waals surface area contributed by atoms with Crippen LogP contribution >= 0.6 is 0 Å². The summed E-state index contributed by atoms with van der Waals surface area (Å²) in [5.74, 6) is 0.638. The third-order valence-electron chi connectivity index (χ3n) is 3.12. The molecule has 1 heterocycles. The van der Waals surface area contributed by atoms with E-state index < -0.39 is 6.10 Å². The Balaban J connectivity index is 2.03. The third-order valence-corrected chi connectivity index (χ3v) is 3.12. The van der Waals surface area contributed by atoms with Gasteiger partial charge >= 0.3 is 0 Å². The fourth-order valence-corrected chi connectivity index (χ4v) is 2.13. The lowest BCUT2D eigenvalue weighted by molar-refractivity contribution is 0.158. The lowest BCUT2D eigenvalue weighted by Gasteiger charge is -2.13. The van der Waals surface area contributed by atoms with Crippen molar-refractivity contribution in [2.75, 3.05) is 7.11 Å². The first kappa shape index (κ1) is 13.6. The van der Waals surface area contributed by atoms with Crippen molar-refractivity contribution in [3.63, 3.8) is 0 Å². The van der Waals surface area contributed by atoms with Gasteiger partial charge in [-0.05, 0) is 37.5 Å². The topological polar surface area (TPSA) is 42.4 Å². The first-order valence-corrected chi connectivity index (χ1v) is 6.43. The summed E-state index contributed by atoms with van der Waals surface area (Å²) >= 11 is 0. The molecule has 19 heavy (non-hydrogen) atoms. The molecule has 0 amide bonds. The molecule has 0 radical (unpaired) electrons. The summed E-state index contributed by atoms with van der Waals surface area (Å²) in [5.41, 5.74) is 3.08. The highest BCUT2D eigenvalue weighted by molar-refractivity contribution is 5.29. The number of aryl methyl sites for hydroxylation is 2. The molecule has 0 fully saturated rings. The zero-order valence-corrected chi connectivity index (χ0v) is 11.3. The van der Waals surface area contributed by atoms with Crippen molar-refractivity contribution in [1.29, 1.82) is 0 Å². The van der Waals surface area contributed by atoms with Crippen LogP contribution in [0.5, 0.6) is 5.75 Å². The minimum atomic E-state index is -0.600. The second kappa shape index (κ2) is 6.34. The summed E-state index contributed by atoms with van der Waals surface area (Å²) in [7, 11) is 1.59. The maximum atomic E-state index is 10.2. The molecule has 0 bridgehead atoms. The smallest absolute Gasteiger partial charge is 0.143 e. The maximum Gasteiger partial charge on any atom is 0.143 e. The number of aliphatic hydroxyl groups excluding tert-OH is 1. The zero-order chi connectivity index (χ0) is 13.7. The van der Waals surface area contributed by atoms with Gasteiger partial charge in [-0.25, -0.2) is 0 Å². The number of hydrogen-bond donors (Lipinski definition) is 1. The van der Waals surface area contributed by atoms with Gasteiger partial charge in [-0.2, -0.15) is 0 Å². The van der Waals surface area contributed by atoms with E-state index in [1.807, 2.05) is 12.1 Å². The number of aromatic nitrogens is 1. The van der Waals surface area contributed by atoms with Crippen LogP contribution in [0, 0.1) is 6.92 Å². The first-order valence-electron chi connectivity index (χ1n) is 6.43. The summed E-state index contributed by atoms with van der Waals surface area (Å²) in [6.45, 7) is 2.07. The van der Waals surface area contributed by atoms with Gasteiger partial charge in [-0.3, -0.25) is 4.98 Å². The Kier molecular flexibility index (Phi) is 4.53. The van der Waals surface area contributed by atoms with Gasteiger partial charge in [0.25, 0.3) is 0 Å². The van der Waals surface area contributed by atoms with Gasteiger partial charge in [0, 0.05) is 6.20 Å². The molecular weight excluding hydrogens is 238 g/mol. The molecule has 1 unspecified atom stereocenters. The average Bonchev–Trinajstić information content (AvgIpc) is 2.45. The largest absolute Gasteiger partial charge is 0.495 e. The van der Waals surface area contributed by atoms with Crippen molar-refractivity contribution < 1.29 is 9.84 Å². The Labute approximate surface area is 113 Å². The van der Waals surface area contributed by atoms with E-state index in [0.717, 1.165) is 6.42 Å². The van der Waals surface area contributed by atoms with Crippen molar-refractivity contribution >= 4 is 0 Å². The SMILES string of the molecule is COc1cccnc1C(O)CCc1cccc(C)c1. The molecule has 2 rings (SSSR count). The lowest BCUT2D eigenvalue weighted by Crippen LogP contribution is -2.04. The number of hydrogen-bond acceptors (Lipinski definition) is 3. The van der Waals surface area contributed by atoms with Gasteiger partial charge in [-0.15, -0.1) is 0 Å². The van der Waals surface area contributed by atoms with Crippen LogP contribution in [0.2, 0.25) is 0 Å². The molecule has 1 aromatic carbocycles. The molecule has 1 N–H and O–H groups in total. The monoisotopic (exact) mass is 257 g/mol. The van der Waals surface area contributed by atoms with E-state index in [4.69, 9.17) is 4.74 Å². The maximum absolute atomic E-state index is 10.2. The highest BCUT2D eigenvalue weighted by Crippen LogP contribution is 2.25. The molecule has 0 saturated heterocycles. The Bertz CT molecular complexity index is 540. The predicted octanol–water partition coefficient (Wildman–Crippen LogP) is 3.06. The van der Waals surface area contributed by atoms with Crippen molar-refractivity contribution in [1.82, 2.24) is 4.98 Å². The highest BCUT2D eigenvalue weighted by atomic mass is 16.5. The fourth-order valence-electron chi connectivity index (χ4n) is 2.13. The van der Waals surface area contributed by atoms with E-state index in [1.54, 1.807) is 19.4 Å². The molecule has 1 aromatic heterocycles. The minimum absolute atomic E-state index is 0.600. The zero-order valence-electron chi connectivity index (χ0n) is 11.3. The lowest BCUT2D eigenvalue weighted by atomic mass is 10.0. The Morgan fingerprint density at radius 2 is 2.11 bits per heavy atom. The standard InChI is InChI=1S/C16H19NO2/c1-12-5-3-6-13(11-12)8-9-14(18)16-15(19-2)7-4-10-17-16/h3-7,10-11,14,18H,8-9H2,1-2H3. The molecule has 0 aliphatic carbocycles. The summed E-state index contributed by atoms with van der Waals surface area (Å²) < 4.78 is 5.22. The van der Waals surface area contributed by atoms with Gasteiger partial charge in [-0.1, -0.05) is 29.8 Å². The molecule has 3 nitrogen and oxygen atoms in total. The number of nitrogens with zero attached hydrogens (tertiary/aromatic N) is 1. The molecule has 0 aliphatic heterocycles. The number of rotatable bonds is 5. The van der Waals surface area contributed by atoms with Crippen LogP contribution in [-0.4, -0.2) is 17.2 Å². The third kappa shape index (κ3) is 3.55. The molecule has 0 spiro atoms. The molecule has 0 aliphatic rings. The second-order valence-electron chi connectivity index (χ2n) is 4.63. The van der Waals surface area contributed by atoms with Crippen LogP contribution in [0.25, 0.3) is 0 Å². The van der Waals surface area contributed by atoms with Crippen LogP contribution in [0.3, 0.4) is 0 Å². The van der Waals surface area contributed by atoms with Gasteiger partial charge in [0.2, 0.25) is 0 Å². The van der Waals surface area contributed by atoms with Crippen LogP contribution in [0.1, 0.15) is 29.3 Å². The van der Waals surface area contributed by atoms with Crippen molar-refractivity contribution in [3.05, 3.63) is 59.4 Å². The number of methoxy groups -OCH3 is 1. The van der Waals surface area contributed by atoms with E-state index in [1.165, 1.54) is 11.1 Å². The van der Waals surface area contributed by atoms with Crippen LogP contribution in [-0.2, 0) is 6.42 Å².